The Labute approximate surface area is 129 Å². The van der Waals surface area contributed by atoms with Gasteiger partial charge in [0.2, 0.25) is 11.8 Å². The summed E-state index contributed by atoms with van der Waals surface area (Å²) in [5, 5.41) is 4.78. The number of benzene rings is 1. The molecule has 2 rings (SSSR count). The fraction of sp³-hybridized carbons (Fsp3) is 0.438. The zero-order valence-corrected chi connectivity index (χ0v) is 13.2. The van der Waals surface area contributed by atoms with Crippen LogP contribution in [0.15, 0.2) is 28.8 Å². The molecule has 0 saturated heterocycles. The topological polar surface area (TPSA) is 66.7 Å². The molecular weight excluding hydrogens is 282 g/mol. The summed E-state index contributed by atoms with van der Waals surface area (Å²) in [6.45, 7) is 5.21. The third kappa shape index (κ3) is 3.44. The van der Waals surface area contributed by atoms with E-state index in [-0.39, 0.29) is 24.8 Å². The van der Waals surface area contributed by atoms with Crippen LogP contribution in [0.5, 0.6) is 0 Å². The van der Waals surface area contributed by atoms with E-state index in [0.29, 0.717) is 24.4 Å². The second-order valence-corrected chi connectivity index (χ2v) is 5.12. The van der Waals surface area contributed by atoms with E-state index in [4.69, 9.17) is 4.52 Å². The number of para-hydroxylation sites is 1. The number of fused-ring (bicyclic) bond motifs is 1. The minimum absolute atomic E-state index is 0.0501. The van der Waals surface area contributed by atoms with Crippen LogP contribution in [0.1, 0.15) is 19.5 Å². The fourth-order valence-corrected chi connectivity index (χ4v) is 2.31. The number of carbonyl (C=O) groups is 2. The molecule has 0 saturated carbocycles. The number of carbonyl (C=O) groups excluding carboxylic acids is 2. The summed E-state index contributed by atoms with van der Waals surface area (Å²) in [5.41, 5.74) is 1.26. The van der Waals surface area contributed by atoms with Crippen LogP contribution in [0.4, 0.5) is 0 Å². The monoisotopic (exact) mass is 303 g/mol. The molecule has 0 aliphatic carbocycles. The molecule has 0 unspecified atom stereocenters. The first-order chi connectivity index (χ1) is 10.6. The number of likely N-dealkylation sites (N-methyl/N-ethyl adjacent to an activating group) is 2. The quantitative estimate of drug-likeness (QED) is 0.814. The summed E-state index contributed by atoms with van der Waals surface area (Å²) in [7, 11) is 1.63. The maximum absolute atomic E-state index is 12.3. The number of rotatable bonds is 6. The van der Waals surface area contributed by atoms with Gasteiger partial charge in [0.15, 0.2) is 5.58 Å². The van der Waals surface area contributed by atoms with Crippen LogP contribution in [0.3, 0.4) is 0 Å². The van der Waals surface area contributed by atoms with E-state index in [1.807, 2.05) is 38.1 Å². The van der Waals surface area contributed by atoms with Crippen molar-refractivity contribution in [3.8, 4) is 0 Å². The highest BCUT2D eigenvalue weighted by molar-refractivity contribution is 5.88. The van der Waals surface area contributed by atoms with Crippen LogP contribution in [0.25, 0.3) is 11.0 Å². The molecule has 6 heteroatoms. The highest BCUT2D eigenvalue weighted by Crippen LogP contribution is 2.18. The molecule has 6 nitrogen and oxygen atoms in total. The van der Waals surface area contributed by atoms with Crippen molar-refractivity contribution in [2.45, 2.75) is 20.3 Å². The van der Waals surface area contributed by atoms with Gasteiger partial charge >= 0.3 is 0 Å². The van der Waals surface area contributed by atoms with E-state index in [0.717, 1.165) is 5.39 Å². The molecule has 1 heterocycles. The van der Waals surface area contributed by atoms with Gasteiger partial charge < -0.3 is 14.3 Å². The number of hydrogen-bond acceptors (Lipinski definition) is 4. The van der Waals surface area contributed by atoms with E-state index in [1.165, 1.54) is 4.90 Å². The summed E-state index contributed by atoms with van der Waals surface area (Å²) in [5.74, 6) is -0.203. The van der Waals surface area contributed by atoms with Crippen molar-refractivity contribution in [1.82, 2.24) is 15.0 Å². The summed E-state index contributed by atoms with van der Waals surface area (Å²) in [4.78, 5) is 27.4. The second kappa shape index (κ2) is 7.06. The van der Waals surface area contributed by atoms with Gasteiger partial charge in [-0.3, -0.25) is 9.59 Å². The molecule has 22 heavy (non-hydrogen) atoms. The second-order valence-electron chi connectivity index (χ2n) is 5.12. The lowest BCUT2D eigenvalue weighted by molar-refractivity contribution is -0.138. The van der Waals surface area contributed by atoms with Gasteiger partial charge in [-0.25, -0.2) is 0 Å². The van der Waals surface area contributed by atoms with E-state index < -0.39 is 0 Å². The zero-order valence-electron chi connectivity index (χ0n) is 13.2. The highest BCUT2D eigenvalue weighted by Gasteiger charge is 2.19. The SMILES string of the molecule is CCN(CC)C(=O)CN(C)C(=O)Cc1noc2ccccc12. The Morgan fingerprint density at radius 1 is 1.14 bits per heavy atom. The first kappa shape index (κ1) is 16.0. The Morgan fingerprint density at radius 3 is 2.50 bits per heavy atom. The Bertz CT molecular complexity index is 661. The van der Waals surface area contributed by atoms with Crippen LogP contribution in [0, 0.1) is 0 Å². The van der Waals surface area contributed by atoms with Crippen LogP contribution < -0.4 is 0 Å². The van der Waals surface area contributed by atoms with E-state index in [9.17, 15) is 9.59 Å². The van der Waals surface area contributed by atoms with Gasteiger partial charge in [0.25, 0.3) is 0 Å². The number of nitrogens with zero attached hydrogens (tertiary/aromatic N) is 3. The average Bonchev–Trinajstić information content (AvgIpc) is 2.91. The molecule has 2 aromatic rings. The largest absolute Gasteiger partial charge is 0.356 e. The third-order valence-corrected chi connectivity index (χ3v) is 3.69. The van der Waals surface area contributed by atoms with Gasteiger partial charge in [-0.15, -0.1) is 0 Å². The number of amides is 2. The van der Waals surface area contributed by atoms with Crippen molar-refractivity contribution in [2.75, 3.05) is 26.7 Å². The highest BCUT2D eigenvalue weighted by atomic mass is 16.5. The average molecular weight is 303 g/mol. The maximum atomic E-state index is 12.3. The lowest BCUT2D eigenvalue weighted by atomic mass is 10.1. The van der Waals surface area contributed by atoms with Crippen molar-refractivity contribution in [3.63, 3.8) is 0 Å². The third-order valence-electron chi connectivity index (χ3n) is 3.69. The van der Waals surface area contributed by atoms with Crippen LogP contribution in [-0.2, 0) is 16.0 Å². The normalized spacial score (nSPS) is 10.7. The van der Waals surface area contributed by atoms with Gasteiger partial charge in [-0.05, 0) is 26.0 Å². The standard InChI is InChI=1S/C16H21N3O3/c1-4-19(5-2)16(21)11-18(3)15(20)10-13-12-8-6-7-9-14(12)22-17-13/h6-9H,4-5,10-11H2,1-3H3. The smallest absolute Gasteiger partial charge is 0.242 e. The van der Waals surface area contributed by atoms with Gasteiger partial charge in [-0.2, -0.15) is 0 Å². The van der Waals surface area contributed by atoms with Crippen LogP contribution >= 0.6 is 0 Å². The lowest BCUT2D eigenvalue weighted by Gasteiger charge is -2.23. The first-order valence-corrected chi connectivity index (χ1v) is 7.41. The lowest BCUT2D eigenvalue weighted by Crippen LogP contribution is -2.41. The zero-order chi connectivity index (χ0) is 16.1. The van der Waals surface area contributed by atoms with Gasteiger partial charge in [-0.1, -0.05) is 17.3 Å². The molecule has 1 aromatic carbocycles. The molecule has 2 amide bonds. The van der Waals surface area contributed by atoms with E-state index in [1.54, 1.807) is 11.9 Å². The molecule has 0 aliphatic heterocycles. The van der Waals surface area contributed by atoms with E-state index >= 15 is 0 Å². The maximum Gasteiger partial charge on any atom is 0.242 e. The fourth-order valence-electron chi connectivity index (χ4n) is 2.31. The molecule has 0 N–H and O–H groups in total. The molecule has 0 fully saturated rings. The summed E-state index contributed by atoms with van der Waals surface area (Å²) in [6.07, 6.45) is 0.124. The van der Waals surface area contributed by atoms with Crippen molar-refractivity contribution >= 4 is 22.8 Å². The summed E-state index contributed by atoms with van der Waals surface area (Å²) in [6, 6.07) is 7.41. The number of aromatic nitrogens is 1. The van der Waals surface area contributed by atoms with Gasteiger partial charge in [0, 0.05) is 25.5 Å². The van der Waals surface area contributed by atoms with Crippen molar-refractivity contribution in [2.24, 2.45) is 0 Å². The van der Waals surface area contributed by atoms with Crippen molar-refractivity contribution < 1.29 is 14.1 Å². The predicted octanol–water partition coefficient (Wildman–Crippen LogP) is 1.70. The van der Waals surface area contributed by atoms with Gasteiger partial charge in [0.1, 0.15) is 5.69 Å². The van der Waals surface area contributed by atoms with Crippen LogP contribution in [0.2, 0.25) is 0 Å². The Kier molecular flexibility index (Phi) is 5.14. The van der Waals surface area contributed by atoms with Crippen molar-refractivity contribution in [1.29, 1.82) is 0 Å². The molecule has 0 bridgehead atoms. The molecule has 0 aliphatic rings. The summed E-state index contributed by atoms with van der Waals surface area (Å²) >= 11 is 0. The Morgan fingerprint density at radius 2 is 1.82 bits per heavy atom. The molecule has 118 valence electrons. The summed E-state index contributed by atoms with van der Waals surface area (Å²) < 4.78 is 5.19. The molecule has 0 spiro atoms. The molecule has 0 atom stereocenters. The molecule has 1 aromatic heterocycles. The Balaban J connectivity index is 2.01. The number of hydrogen-bond donors (Lipinski definition) is 0. The molecule has 0 radical (unpaired) electrons. The van der Waals surface area contributed by atoms with E-state index in [2.05, 4.69) is 5.16 Å². The van der Waals surface area contributed by atoms with Gasteiger partial charge in [0.05, 0.1) is 13.0 Å². The minimum atomic E-state index is -0.153. The molecular formula is C16H21N3O3. The predicted molar refractivity (Wildman–Crippen MR) is 83.3 cm³/mol. The minimum Gasteiger partial charge on any atom is -0.356 e. The van der Waals surface area contributed by atoms with Crippen molar-refractivity contribution in [3.05, 3.63) is 30.0 Å². The van der Waals surface area contributed by atoms with Crippen LogP contribution in [-0.4, -0.2) is 53.5 Å². The Hall–Kier alpha value is -2.37. The first-order valence-electron chi connectivity index (χ1n) is 7.41.